The molecule has 2 unspecified atom stereocenters. The molecule has 0 saturated heterocycles. The van der Waals surface area contributed by atoms with Crippen LogP contribution in [-0.2, 0) is 37.0 Å². The van der Waals surface area contributed by atoms with Gasteiger partial charge in [-0.05, 0) is 38.8 Å². The summed E-state index contributed by atoms with van der Waals surface area (Å²) >= 11 is 0. The van der Waals surface area contributed by atoms with Crippen molar-refractivity contribution in [2.24, 2.45) is 11.8 Å². The predicted octanol–water partition coefficient (Wildman–Crippen LogP) is 4.58. The SMILES string of the molecule is CC(=O)C(CN(Cc1ccccc1)C(=O)OCc1ccccc1)C(CC=O)C(=O)OC(C)(C)C. The highest BCUT2D eigenvalue weighted by Gasteiger charge is 2.37. The van der Waals surface area contributed by atoms with Gasteiger partial charge in [-0.1, -0.05) is 60.7 Å². The van der Waals surface area contributed by atoms with Crippen molar-refractivity contribution < 1.29 is 28.7 Å². The topological polar surface area (TPSA) is 90.0 Å². The fourth-order valence-electron chi connectivity index (χ4n) is 3.50. The number of carbonyl (C=O) groups is 4. The lowest BCUT2D eigenvalue weighted by atomic mass is 9.86. The molecule has 0 aliphatic carbocycles. The first-order valence-electron chi connectivity index (χ1n) is 11.3. The number of ketones is 1. The summed E-state index contributed by atoms with van der Waals surface area (Å²) in [5, 5.41) is 0. The van der Waals surface area contributed by atoms with Crippen LogP contribution in [-0.4, -0.2) is 41.2 Å². The number of hydrogen-bond donors (Lipinski definition) is 0. The number of hydrogen-bond acceptors (Lipinski definition) is 6. The molecule has 0 heterocycles. The van der Waals surface area contributed by atoms with Crippen LogP contribution >= 0.6 is 0 Å². The number of amides is 1. The molecule has 0 aliphatic heterocycles. The maximum absolute atomic E-state index is 13.1. The highest BCUT2D eigenvalue weighted by molar-refractivity contribution is 5.87. The van der Waals surface area contributed by atoms with Gasteiger partial charge >= 0.3 is 12.1 Å². The number of nitrogens with zero attached hydrogens (tertiary/aromatic N) is 1. The van der Waals surface area contributed by atoms with Crippen LogP contribution in [0.2, 0.25) is 0 Å². The first-order valence-corrected chi connectivity index (χ1v) is 11.3. The first-order chi connectivity index (χ1) is 16.1. The van der Waals surface area contributed by atoms with E-state index in [1.165, 1.54) is 11.8 Å². The van der Waals surface area contributed by atoms with Crippen LogP contribution in [0.5, 0.6) is 0 Å². The molecule has 2 aromatic carbocycles. The Kier molecular flexibility index (Phi) is 9.98. The van der Waals surface area contributed by atoms with E-state index >= 15 is 0 Å². The number of aldehydes is 1. The summed E-state index contributed by atoms with van der Waals surface area (Å²) in [6, 6.07) is 18.5. The summed E-state index contributed by atoms with van der Waals surface area (Å²) < 4.78 is 11.0. The van der Waals surface area contributed by atoms with E-state index in [0.717, 1.165) is 11.1 Å². The number of esters is 1. The number of rotatable bonds is 11. The molecule has 0 N–H and O–H groups in total. The van der Waals surface area contributed by atoms with Gasteiger partial charge in [0, 0.05) is 25.4 Å². The van der Waals surface area contributed by atoms with Crippen LogP contribution in [0.25, 0.3) is 0 Å². The summed E-state index contributed by atoms with van der Waals surface area (Å²) in [6.07, 6.45) is -0.204. The van der Waals surface area contributed by atoms with E-state index < -0.39 is 29.5 Å². The van der Waals surface area contributed by atoms with Gasteiger partial charge in [0.2, 0.25) is 0 Å². The Morgan fingerprint density at radius 3 is 1.97 bits per heavy atom. The lowest BCUT2D eigenvalue weighted by Gasteiger charge is -2.31. The number of Topliss-reactive ketones (excluding diaryl/α,β-unsaturated/α-hetero) is 1. The summed E-state index contributed by atoms with van der Waals surface area (Å²) in [7, 11) is 0. The van der Waals surface area contributed by atoms with Crippen LogP contribution in [0.3, 0.4) is 0 Å². The van der Waals surface area contributed by atoms with E-state index in [1.807, 2.05) is 60.7 Å². The van der Waals surface area contributed by atoms with Crippen molar-refractivity contribution in [3.05, 3.63) is 71.8 Å². The Hall–Kier alpha value is -3.48. The number of carbonyl (C=O) groups excluding carboxylic acids is 4. The molecule has 2 rings (SSSR count). The van der Waals surface area contributed by atoms with Crippen LogP contribution in [0.1, 0.15) is 45.2 Å². The lowest BCUT2D eigenvalue weighted by molar-refractivity contribution is -0.164. The maximum atomic E-state index is 13.1. The fraction of sp³-hybridized carbons (Fsp3) is 0.407. The normalized spacial score (nSPS) is 12.8. The van der Waals surface area contributed by atoms with Crippen LogP contribution < -0.4 is 0 Å². The van der Waals surface area contributed by atoms with Crippen LogP contribution in [0.4, 0.5) is 4.79 Å². The molecular weight excluding hydrogens is 434 g/mol. The Labute approximate surface area is 201 Å². The average Bonchev–Trinajstić information content (AvgIpc) is 2.79. The molecule has 0 aliphatic rings. The van der Waals surface area contributed by atoms with Crippen LogP contribution in [0.15, 0.2) is 60.7 Å². The second-order valence-corrected chi connectivity index (χ2v) is 9.17. The van der Waals surface area contributed by atoms with Crippen molar-refractivity contribution in [1.29, 1.82) is 0 Å². The summed E-state index contributed by atoms with van der Waals surface area (Å²) in [6.45, 7) is 6.66. The third-order valence-corrected chi connectivity index (χ3v) is 5.16. The van der Waals surface area contributed by atoms with Crippen molar-refractivity contribution in [2.45, 2.75) is 52.9 Å². The molecule has 7 nitrogen and oxygen atoms in total. The second-order valence-electron chi connectivity index (χ2n) is 9.17. The van der Waals surface area contributed by atoms with Gasteiger partial charge < -0.3 is 19.2 Å². The van der Waals surface area contributed by atoms with Crippen molar-refractivity contribution in [1.82, 2.24) is 4.90 Å². The van der Waals surface area contributed by atoms with Crippen molar-refractivity contribution in [2.75, 3.05) is 6.54 Å². The summed E-state index contributed by atoms with van der Waals surface area (Å²) in [5.41, 5.74) is 0.884. The van der Waals surface area contributed by atoms with Crippen molar-refractivity contribution in [3.8, 4) is 0 Å². The van der Waals surface area contributed by atoms with E-state index in [2.05, 4.69) is 0 Å². The zero-order chi connectivity index (χ0) is 25.1. The van der Waals surface area contributed by atoms with Gasteiger partial charge in [-0.2, -0.15) is 0 Å². The monoisotopic (exact) mass is 467 g/mol. The summed E-state index contributed by atoms with van der Waals surface area (Å²) in [5.74, 6) is -2.88. The van der Waals surface area contributed by atoms with Crippen molar-refractivity contribution in [3.63, 3.8) is 0 Å². The molecule has 2 aromatic rings. The highest BCUT2D eigenvalue weighted by atomic mass is 16.6. The van der Waals surface area contributed by atoms with E-state index in [1.54, 1.807) is 20.8 Å². The molecule has 182 valence electrons. The molecule has 0 saturated carbocycles. The van der Waals surface area contributed by atoms with Gasteiger partial charge in [-0.3, -0.25) is 9.59 Å². The zero-order valence-electron chi connectivity index (χ0n) is 20.2. The van der Waals surface area contributed by atoms with E-state index in [4.69, 9.17) is 9.47 Å². The smallest absolute Gasteiger partial charge is 0.410 e. The summed E-state index contributed by atoms with van der Waals surface area (Å²) in [4.78, 5) is 51.3. The standard InChI is InChI=1S/C27H33NO6/c1-20(30)24(23(15-16-29)25(31)34-27(2,3)4)18-28(17-21-11-7-5-8-12-21)26(32)33-19-22-13-9-6-10-14-22/h5-14,16,23-24H,15,17-19H2,1-4H3. The molecule has 2 atom stereocenters. The average molecular weight is 468 g/mol. The van der Waals surface area contributed by atoms with Crippen LogP contribution in [0, 0.1) is 11.8 Å². The number of benzene rings is 2. The largest absolute Gasteiger partial charge is 0.460 e. The third kappa shape index (κ3) is 8.81. The Morgan fingerprint density at radius 2 is 1.47 bits per heavy atom. The van der Waals surface area contributed by atoms with E-state index in [9.17, 15) is 19.2 Å². The quantitative estimate of drug-likeness (QED) is 0.355. The van der Waals surface area contributed by atoms with Gasteiger partial charge in [0.25, 0.3) is 0 Å². The van der Waals surface area contributed by atoms with E-state index in [-0.39, 0.29) is 31.9 Å². The number of ether oxygens (including phenoxy) is 2. The molecule has 0 bridgehead atoms. The molecule has 0 spiro atoms. The van der Waals surface area contributed by atoms with Crippen molar-refractivity contribution >= 4 is 24.1 Å². The van der Waals surface area contributed by atoms with Gasteiger partial charge in [0.1, 0.15) is 24.3 Å². The molecule has 7 heteroatoms. The molecule has 1 amide bonds. The molecule has 0 aromatic heterocycles. The lowest BCUT2D eigenvalue weighted by Crippen LogP contribution is -2.43. The first kappa shape index (κ1) is 26.8. The molecule has 34 heavy (non-hydrogen) atoms. The van der Waals surface area contributed by atoms with Gasteiger partial charge in [-0.15, -0.1) is 0 Å². The van der Waals surface area contributed by atoms with Gasteiger partial charge in [-0.25, -0.2) is 4.79 Å². The highest BCUT2D eigenvalue weighted by Crippen LogP contribution is 2.24. The van der Waals surface area contributed by atoms with E-state index in [0.29, 0.717) is 6.29 Å². The van der Waals surface area contributed by atoms with Gasteiger partial charge in [0.05, 0.1) is 5.92 Å². The second kappa shape index (κ2) is 12.7. The fourth-order valence-corrected chi connectivity index (χ4v) is 3.50. The maximum Gasteiger partial charge on any atom is 0.410 e. The third-order valence-electron chi connectivity index (χ3n) is 5.16. The molecule has 0 fully saturated rings. The minimum atomic E-state index is -1.01. The Balaban J connectivity index is 2.27. The Bertz CT molecular complexity index is 952. The Morgan fingerprint density at radius 1 is 0.912 bits per heavy atom. The predicted molar refractivity (Wildman–Crippen MR) is 128 cm³/mol. The molecule has 0 radical (unpaired) electrons. The zero-order valence-corrected chi connectivity index (χ0v) is 20.2. The molecular formula is C27H33NO6. The minimum absolute atomic E-state index is 0.0690. The van der Waals surface area contributed by atoms with Gasteiger partial charge in [0.15, 0.2) is 0 Å². The minimum Gasteiger partial charge on any atom is -0.460 e.